The topological polar surface area (TPSA) is 54.4 Å². The molecule has 0 amide bonds. The molecule has 1 N–H and O–H groups in total. The van der Waals surface area contributed by atoms with Crippen LogP contribution in [0.5, 0.6) is 0 Å². The molecule has 0 aliphatic heterocycles. The predicted octanol–water partition coefficient (Wildman–Crippen LogP) is 2.70. The van der Waals surface area contributed by atoms with Crippen molar-refractivity contribution < 1.29 is 14.1 Å². The number of halogens is 1. The van der Waals surface area contributed by atoms with E-state index in [9.17, 15) is 9.00 Å². The highest BCUT2D eigenvalue weighted by molar-refractivity contribution is 7.85. The van der Waals surface area contributed by atoms with Gasteiger partial charge in [-0.2, -0.15) is 0 Å². The summed E-state index contributed by atoms with van der Waals surface area (Å²) in [6, 6.07) is 7.01. The van der Waals surface area contributed by atoms with Gasteiger partial charge in [-0.3, -0.25) is 9.00 Å². The lowest BCUT2D eigenvalue weighted by atomic mass is 10.2. The predicted molar refractivity (Wildman–Crippen MR) is 64.2 cm³/mol. The first-order chi connectivity index (χ1) is 7.61. The summed E-state index contributed by atoms with van der Waals surface area (Å²) in [5, 5.41) is 8.94. The Morgan fingerprint density at radius 3 is 2.62 bits per heavy atom. The third kappa shape index (κ3) is 4.33. The van der Waals surface area contributed by atoms with Crippen molar-refractivity contribution in [1.82, 2.24) is 0 Å². The van der Waals surface area contributed by atoms with Gasteiger partial charge in [0.25, 0.3) is 0 Å². The van der Waals surface area contributed by atoms with E-state index in [1.54, 1.807) is 24.3 Å². The minimum absolute atomic E-state index is 0.125. The Morgan fingerprint density at radius 1 is 1.31 bits per heavy atom. The molecule has 0 fully saturated rings. The van der Waals surface area contributed by atoms with Crippen molar-refractivity contribution in [2.45, 2.75) is 24.2 Å². The van der Waals surface area contributed by atoms with Crippen molar-refractivity contribution in [3.05, 3.63) is 29.3 Å². The van der Waals surface area contributed by atoms with Crippen molar-refractivity contribution in [3.8, 4) is 0 Å². The average molecular weight is 261 g/mol. The fraction of sp³-hybridized carbons (Fsp3) is 0.364. The van der Waals surface area contributed by atoms with E-state index < -0.39 is 16.8 Å². The molecule has 88 valence electrons. The number of carbonyl (C=O) groups is 1. The summed E-state index contributed by atoms with van der Waals surface area (Å²) in [6.07, 6.45) is 1.30. The molecule has 3 nitrogen and oxygen atoms in total. The Labute approximate surface area is 102 Å². The number of rotatable bonds is 6. The SMILES string of the molecule is O=C(O)CCCCS(=O)c1ccccc1Cl. The van der Waals surface area contributed by atoms with Crippen LogP contribution in [-0.4, -0.2) is 21.0 Å². The van der Waals surface area contributed by atoms with Crippen molar-refractivity contribution in [2.24, 2.45) is 0 Å². The maximum absolute atomic E-state index is 11.8. The number of aliphatic carboxylic acids is 1. The van der Waals surface area contributed by atoms with Crippen molar-refractivity contribution in [3.63, 3.8) is 0 Å². The second kappa shape index (κ2) is 6.66. The minimum atomic E-state index is -1.13. The van der Waals surface area contributed by atoms with Gasteiger partial charge in [0.15, 0.2) is 0 Å². The number of hydrogen-bond acceptors (Lipinski definition) is 2. The molecule has 1 unspecified atom stereocenters. The minimum Gasteiger partial charge on any atom is -0.481 e. The number of benzene rings is 1. The molecule has 0 heterocycles. The Hall–Kier alpha value is -0.870. The molecule has 1 aromatic rings. The van der Waals surface area contributed by atoms with Crippen LogP contribution in [0.3, 0.4) is 0 Å². The van der Waals surface area contributed by atoms with Crippen LogP contribution >= 0.6 is 11.6 Å². The van der Waals surface area contributed by atoms with Crippen LogP contribution in [0.25, 0.3) is 0 Å². The fourth-order valence-electron chi connectivity index (χ4n) is 1.25. The van der Waals surface area contributed by atoms with E-state index in [2.05, 4.69) is 0 Å². The van der Waals surface area contributed by atoms with Gasteiger partial charge in [0.2, 0.25) is 0 Å². The van der Waals surface area contributed by atoms with E-state index >= 15 is 0 Å². The second-order valence-corrected chi connectivity index (χ2v) is 5.28. The molecule has 1 aromatic carbocycles. The molecule has 0 bridgehead atoms. The third-order valence-corrected chi connectivity index (χ3v) is 4.00. The quantitative estimate of drug-likeness (QED) is 0.800. The molecule has 0 radical (unpaired) electrons. The van der Waals surface area contributed by atoms with Crippen LogP contribution in [0.1, 0.15) is 19.3 Å². The van der Waals surface area contributed by atoms with Gasteiger partial charge in [0.1, 0.15) is 0 Å². The molecule has 0 aromatic heterocycles. The Balaban J connectivity index is 2.41. The average Bonchev–Trinajstić information content (AvgIpc) is 2.24. The summed E-state index contributed by atoms with van der Waals surface area (Å²) in [4.78, 5) is 10.9. The van der Waals surface area contributed by atoms with Gasteiger partial charge in [-0.1, -0.05) is 23.7 Å². The lowest BCUT2D eigenvalue weighted by molar-refractivity contribution is -0.137. The molecule has 0 aliphatic rings. The largest absolute Gasteiger partial charge is 0.481 e. The normalized spacial score (nSPS) is 12.3. The molecule has 0 saturated carbocycles. The van der Waals surface area contributed by atoms with Gasteiger partial charge < -0.3 is 5.11 Å². The van der Waals surface area contributed by atoms with Crippen molar-refractivity contribution in [1.29, 1.82) is 0 Å². The summed E-state index contributed by atoms with van der Waals surface area (Å²) in [6.45, 7) is 0. The summed E-state index contributed by atoms with van der Waals surface area (Å²) in [5.41, 5.74) is 0. The lowest BCUT2D eigenvalue weighted by Gasteiger charge is -2.03. The Bertz CT molecular complexity index is 393. The molecule has 1 atom stereocenters. The highest BCUT2D eigenvalue weighted by Gasteiger charge is 2.07. The molecule has 0 aliphatic carbocycles. The molecular formula is C11H13ClO3S. The third-order valence-electron chi connectivity index (χ3n) is 2.05. The zero-order chi connectivity index (χ0) is 12.0. The maximum atomic E-state index is 11.8. The summed E-state index contributed by atoms with van der Waals surface area (Å²) in [7, 11) is -1.13. The summed E-state index contributed by atoms with van der Waals surface area (Å²) in [5.74, 6) is -0.361. The summed E-state index contributed by atoms with van der Waals surface area (Å²) < 4.78 is 11.8. The van der Waals surface area contributed by atoms with E-state index in [0.717, 1.165) is 0 Å². The van der Waals surface area contributed by atoms with Crippen LogP contribution in [0, 0.1) is 0 Å². The van der Waals surface area contributed by atoms with Gasteiger partial charge in [-0.05, 0) is 25.0 Å². The van der Waals surface area contributed by atoms with Crippen LogP contribution in [0.4, 0.5) is 0 Å². The molecule has 16 heavy (non-hydrogen) atoms. The maximum Gasteiger partial charge on any atom is 0.303 e. The smallest absolute Gasteiger partial charge is 0.303 e. The fourth-order valence-corrected chi connectivity index (χ4v) is 2.84. The van der Waals surface area contributed by atoms with Gasteiger partial charge in [-0.25, -0.2) is 0 Å². The molecule has 0 saturated heterocycles. The van der Waals surface area contributed by atoms with Crippen LogP contribution in [-0.2, 0) is 15.6 Å². The standard InChI is InChI=1S/C11H13ClO3S/c12-9-5-1-2-6-10(9)16(15)8-4-3-7-11(13)14/h1-2,5-6H,3-4,7-8H2,(H,13,14). The summed E-state index contributed by atoms with van der Waals surface area (Å²) >= 11 is 5.90. The lowest BCUT2D eigenvalue weighted by Crippen LogP contribution is -2.01. The van der Waals surface area contributed by atoms with E-state index in [1.807, 2.05) is 0 Å². The highest BCUT2D eigenvalue weighted by Crippen LogP contribution is 2.19. The van der Waals surface area contributed by atoms with Crippen LogP contribution in [0.15, 0.2) is 29.2 Å². The van der Waals surface area contributed by atoms with Gasteiger partial charge in [0.05, 0.1) is 20.7 Å². The number of carboxylic acids is 1. The first-order valence-electron chi connectivity index (χ1n) is 4.96. The Kier molecular flexibility index (Phi) is 5.49. The van der Waals surface area contributed by atoms with Gasteiger partial charge in [-0.15, -0.1) is 0 Å². The molecule has 1 rings (SSSR count). The molecule has 0 spiro atoms. The number of carboxylic acid groups (broad SMARTS) is 1. The number of hydrogen-bond donors (Lipinski definition) is 1. The first kappa shape index (κ1) is 13.2. The van der Waals surface area contributed by atoms with Crippen LogP contribution < -0.4 is 0 Å². The van der Waals surface area contributed by atoms with Crippen molar-refractivity contribution in [2.75, 3.05) is 5.75 Å². The van der Waals surface area contributed by atoms with E-state index in [0.29, 0.717) is 28.5 Å². The number of unbranched alkanes of at least 4 members (excludes halogenated alkanes) is 1. The van der Waals surface area contributed by atoms with E-state index in [1.165, 1.54) is 0 Å². The molecule has 5 heteroatoms. The Morgan fingerprint density at radius 2 is 2.00 bits per heavy atom. The highest BCUT2D eigenvalue weighted by atomic mass is 35.5. The van der Waals surface area contributed by atoms with E-state index in [-0.39, 0.29) is 6.42 Å². The van der Waals surface area contributed by atoms with Gasteiger partial charge in [0, 0.05) is 12.2 Å². The molecular weight excluding hydrogens is 248 g/mol. The van der Waals surface area contributed by atoms with Crippen LogP contribution in [0.2, 0.25) is 5.02 Å². The zero-order valence-corrected chi connectivity index (χ0v) is 10.3. The van der Waals surface area contributed by atoms with Gasteiger partial charge >= 0.3 is 5.97 Å². The van der Waals surface area contributed by atoms with Crippen molar-refractivity contribution >= 4 is 28.4 Å². The second-order valence-electron chi connectivity index (χ2n) is 3.33. The zero-order valence-electron chi connectivity index (χ0n) is 8.69. The monoisotopic (exact) mass is 260 g/mol. The first-order valence-corrected chi connectivity index (χ1v) is 6.65. The van der Waals surface area contributed by atoms with E-state index in [4.69, 9.17) is 16.7 Å².